The van der Waals surface area contributed by atoms with Crippen LogP contribution in [0.1, 0.15) is 11.8 Å². The molecule has 0 bridgehead atoms. The largest absolute Gasteiger partial charge is 0.367 e. The van der Waals surface area contributed by atoms with Crippen molar-refractivity contribution in [1.29, 1.82) is 0 Å². The van der Waals surface area contributed by atoms with E-state index in [0.29, 0.717) is 6.04 Å². The highest BCUT2D eigenvalue weighted by Gasteiger charge is 2.09. The molecule has 3 rings (SSSR count). The molecule has 0 saturated heterocycles. The van der Waals surface area contributed by atoms with Gasteiger partial charge in [0.25, 0.3) is 0 Å². The van der Waals surface area contributed by atoms with Crippen LogP contribution in [-0.2, 0) is 6.42 Å². The fourth-order valence-electron chi connectivity index (χ4n) is 2.30. The van der Waals surface area contributed by atoms with Gasteiger partial charge in [0, 0.05) is 38.8 Å². The van der Waals surface area contributed by atoms with Crippen LogP contribution in [0.15, 0.2) is 52.4 Å². The minimum atomic E-state index is 0.353. The summed E-state index contributed by atoms with van der Waals surface area (Å²) in [6.45, 7) is 2.19. The van der Waals surface area contributed by atoms with Crippen molar-refractivity contribution in [3.63, 3.8) is 0 Å². The number of rotatable bonds is 4. The normalized spacial score (nSPS) is 12.5. The fourth-order valence-corrected chi connectivity index (χ4v) is 3.63. The fraction of sp³-hybridized carbons (Fsp3) is 0.188. The molecule has 20 heavy (non-hydrogen) atoms. The quantitative estimate of drug-likeness (QED) is 0.710. The molecule has 4 heteroatoms. The minimum absolute atomic E-state index is 0.353. The molecule has 0 aliphatic rings. The van der Waals surface area contributed by atoms with Gasteiger partial charge >= 0.3 is 0 Å². The van der Waals surface area contributed by atoms with E-state index >= 15 is 0 Å². The Balaban J connectivity index is 1.85. The van der Waals surface area contributed by atoms with Crippen molar-refractivity contribution >= 4 is 43.9 Å². The Morgan fingerprint density at radius 3 is 2.90 bits per heavy atom. The van der Waals surface area contributed by atoms with Crippen molar-refractivity contribution in [2.45, 2.75) is 19.4 Å². The molecule has 2 aromatic heterocycles. The standard InChI is InChI=1S/C16H15BrN2S/c1-11(10-12-4-3-9-20-12)19-16-14-5-2-6-15(17)13(14)7-8-18-16/h2-9,11H,10H2,1H3,(H,18,19). The third kappa shape index (κ3) is 2.86. The molecular weight excluding hydrogens is 332 g/mol. The van der Waals surface area contributed by atoms with Crippen LogP contribution < -0.4 is 5.32 Å². The number of fused-ring (bicyclic) bond motifs is 1. The summed E-state index contributed by atoms with van der Waals surface area (Å²) in [5, 5.41) is 7.99. The smallest absolute Gasteiger partial charge is 0.134 e. The van der Waals surface area contributed by atoms with Gasteiger partial charge in [0.1, 0.15) is 5.82 Å². The first kappa shape index (κ1) is 13.6. The van der Waals surface area contributed by atoms with Gasteiger partial charge < -0.3 is 5.32 Å². The lowest BCUT2D eigenvalue weighted by atomic mass is 10.1. The summed E-state index contributed by atoms with van der Waals surface area (Å²) >= 11 is 5.39. The van der Waals surface area contributed by atoms with Crippen molar-refractivity contribution in [3.8, 4) is 0 Å². The number of benzene rings is 1. The summed E-state index contributed by atoms with van der Waals surface area (Å²) in [7, 11) is 0. The molecule has 3 aromatic rings. The van der Waals surface area contributed by atoms with Crippen LogP contribution >= 0.6 is 27.3 Å². The Labute approximate surface area is 131 Å². The molecule has 0 spiro atoms. The van der Waals surface area contributed by atoms with Gasteiger partial charge in [-0.2, -0.15) is 0 Å². The highest BCUT2D eigenvalue weighted by atomic mass is 79.9. The van der Waals surface area contributed by atoms with Gasteiger partial charge in [-0.15, -0.1) is 11.3 Å². The van der Waals surface area contributed by atoms with Crippen molar-refractivity contribution in [2.24, 2.45) is 0 Å². The Hall–Kier alpha value is -1.39. The molecule has 1 N–H and O–H groups in total. The Morgan fingerprint density at radius 1 is 1.20 bits per heavy atom. The Kier molecular flexibility index (Phi) is 4.03. The number of thiophene rings is 1. The van der Waals surface area contributed by atoms with Gasteiger partial charge in [0.2, 0.25) is 0 Å². The summed E-state index contributed by atoms with van der Waals surface area (Å²) in [5.41, 5.74) is 0. The average molecular weight is 347 g/mol. The predicted octanol–water partition coefficient (Wildman–Crippen LogP) is 5.10. The maximum absolute atomic E-state index is 4.49. The number of anilines is 1. The zero-order chi connectivity index (χ0) is 13.9. The first-order valence-electron chi connectivity index (χ1n) is 6.56. The number of halogens is 1. The lowest BCUT2D eigenvalue weighted by molar-refractivity contribution is 0.796. The molecule has 1 aromatic carbocycles. The van der Waals surface area contributed by atoms with E-state index in [1.165, 1.54) is 10.3 Å². The SMILES string of the molecule is CC(Cc1cccs1)Nc1nccc2c(Br)cccc12. The zero-order valence-corrected chi connectivity index (χ0v) is 13.5. The predicted molar refractivity (Wildman–Crippen MR) is 90.6 cm³/mol. The summed E-state index contributed by atoms with van der Waals surface area (Å²) in [6.07, 6.45) is 2.87. The number of hydrogen-bond donors (Lipinski definition) is 1. The van der Waals surface area contributed by atoms with E-state index in [-0.39, 0.29) is 0 Å². The second-order valence-electron chi connectivity index (χ2n) is 4.82. The number of nitrogens with one attached hydrogen (secondary N) is 1. The lowest BCUT2D eigenvalue weighted by Crippen LogP contribution is -2.18. The monoisotopic (exact) mass is 346 g/mol. The number of hydrogen-bond acceptors (Lipinski definition) is 3. The van der Waals surface area contributed by atoms with E-state index in [1.807, 2.05) is 18.3 Å². The van der Waals surface area contributed by atoms with Gasteiger partial charge in [-0.3, -0.25) is 0 Å². The zero-order valence-electron chi connectivity index (χ0n) is 11.1. The van der Waals surface area contributed by atoms with E-state index in [2.05, 4.69) is 62.8 Å². The van der Waals surface area contributed by atoms with Crippen molar-refractivity contribution in [1.82, 2.24) is 4.98 Å². The second-order valence-corrected chi connectivity index (χ2v) is 6.71. The van der Waals surface area contributed by atoms with Crippen molar-refractivity contribution < 1.29 is 0 Å². The molecule has 102 valence electrons. The second kappa shape index (κ2) is 5.94. The lowest BCUT2D eigenvalue weighted by Gasteiger charge is -2.15. The summed E-state index contributed by atoms with van der Waals surface area (Å²) < 4.78 is 1.10. The van der Waals surface area contributed by atoms with Crippen LogP contribution in [0.2, 0.25) is 0 Å². The maximum Gasteiger partial charge on any atom is 0.134 e. The van der Waals surface area contributed by atoms with E-state index in [9.17, 15) is 0 Å². The molecule has 1 unspecified atom stereocenters. The van der Waals surface area contributed by atoms with E-state index in [1.54, 1.807) is 11.3 Å². The van der Waals surface area contributed by atoms with E-state index < -0.39 is 0 Å². The first-order valence-corrected chi connectivity index (χ1v) is 8.23. The van der Waals surface area contributed by atoms with Crippen LogP contribution in [0.3, 0.4) is 0 Å². The van der Waals surface area contributed by atoms with Crippen molar-refractivity contribution in [2.75, 3.05) is 5.32 Å². The first-order chi connectivity index (χ1) is 9.74. The van der Waals surface area contributed by atoms with Crippen LogP contribution in [0, 0.1) is 0 Å². The van der Waals surface area contributed by atoms with Crippen LogP contribution in [0.4, 0.5) is 5.82 Å². The molecule has 2 heterocycles. The molecule has 0 amide bonds. The molecule has 0 saturated carbocycles. The highest BCUT2D eigenvalue weighted by molar-refractivity contribution is 9.10. The third-order valence-corrected chi connectivity index (χ3v) is 4.81. The van der Waals surface area contributed by atoms with Crippen LogP contribution in [0.25, 0.3) is 10.8 Å². The highest BCUT2D eigenvalue weighted by Crippen LogP contribution is 2.28. The molecule has 0 radical (unpaired) electrons. The Bertz CT molecular complexity index is 710. The van der Waals surface area contributed by atoms with Crippen LogP contribution in [-0.4, -0.2) is 11.0 Å². The average Bonchev–Trinajstić information content (AvgIpc) is 2.93. The molecular formula is C16H15BrN2S. The molecule has 1 atom stereocenters. The van der Waals surface area contributed by atoms with Gasteiger partial charge in [-0.05, 0) is 30.5 Å². The number of aromatic nitrogens is 1. The molecule has 0 aliphatic heterocycles. The molecule has 0 fully saturated rings. The molecule has 2 nitrogen and oxygen atoms in total. The molecule has 0 aliphatic carbocycles. The van der Waals surface area contributed by atoms with Crippen LogP contribution in [0.5, 0.6) is 0 Å². The third-order valence-electron chi connectivity index (χ3n) is 3.22. The van der Waals surface area contributed by atoms with Gasteiger partial charge in [0.15, 0.2) is 0 Å². The minimum Gasteiger partial charge on any atom is -0.367 e. The van der Waals surface area contributed by atoms with Gasteiger partial charge in [0.05, 0.1) is 0 Å². The summed E-state index contributed by atoms with van der Waals surface area (Å²) in [6, 6.07) is 12.9. The van der Waals surface area contributed by atoms with E-state index in [4.69, 9.17) is 0 Å². The number of nitrogens with zero attached hydrogens (tertiary/aromatic N) is 1. The summed E-state index contributed by atoms with van der Waals surface area (Å²) in [5.74, 6) is 0.952. The van der Waals surface area contributed by atoms with Gasteiger partial charge in [-0.1, -0.05) is 34.1 Å². The van der Waals surface area contributed by atoms with Gasteiger partial charge in [-0.25, -0.2) is 4.98 Å². The number of pyridine rings is 1. The Morgan fingerprint density at radius 2 is 2.10 bits per heavy atom. The topological polar surface area (TPSA) is 24.9 Å². The van der Waals surface area contributed by atoms with Crippen molar-refractivity contribution in [3.05, 3.63) is 57.3 Å². The summed E-state index contributed by atoms with van der Waals surface area (Å²) in [4.78, 5) is 5.88. The van der Waals surface area contributed by atoms with E-state index in [0.717, 1.165) is 22.1 Å². The maximum atomic E-state index is 4.49.